The zero-order valence-corrected chi connectivity index (χ0v) is 12.4. The van der Waals surface area contributed by atoms with Gasteiger partial charge in [0.05, 0.1) is 16.7 Å². The lowest BCUT2D eigenvalue weighted by Crippen LogP contribution is -2.39. The number of benzene rings is 1. The number of imidazole rings is 1. The second kappa shape index (κ2) is 6.65. The zero-order valence-electron chi connectivity index (χ0n) is 12.4. The summed E-state index contributed by atoms with van der Waals surface area (Å²) < 4.78 is 0. The third-order valence-corrected chi connectivity index (χ3v) is 3.96. The molecule has 2 heterocycles. The van der Waals surface area contributed by atoms with Crippen LogP contribution in [-0.4, -0.2) is 47.1 Å². The number of urea groups is 1. The Morgan fingerprint density at radius 2 is 2.00 bits per heavy atom. The number of nitrogens with one attached hydrogen (secondary N) is 4. The van der Waals surface area contributed by atoms with Gasteiger partial charge in [-0.3, -0.25) is 0 Å². The summed E-state index contributed by atoms with van der Waals surface area (Å²) >= 11 is 0. The molecule has 118 valence electrons. The first-order valence-electron chi connectivity index (χ1n) is 7.70. The first-order valence-corrected chi connectivity index (χ1v) is 7.70. The number of rotatable bonds is 4. The Balaban J connectivity index is 1.53. The number of likely N-dealkylation sites (tertiary alicyclic amines) is 1. The smallest absolute Gasteiger partial charge is 0.323 e. The van der Waals surface area contributed by atoms with Gasteiger partial charge in [0.25, 0.3) is 0 Å². The number of carbonyl (C=O) groups is 1. The van der Waals surface area contributed by atoms with E-state index in [1.165, 1.54) is 19.3 Å². The van der Waals surface area contributed by atoms with Crippen molar-refractivity contribution in [3.8, 4) is 0 Å². The average Bonchev–Trinajstić information content (AvgIpc) is 2.90. The predicted octanol–water partition coefficient (Wildman–Crippen LogP) is 1.46. The highest BCUT2D eigenvalue weighted by Crippen LogP contribution is 2.18. The van der Waals surface area contributed by atoms with Crippen LogP contribution < -0.4 is 16.3 Å². The van der Waals surface area contributed by atoms with Gasteiger partial charge in [0.15, 0.2) is 0 Å². The van der Waals surface area contributed by atoms with Crippen LogP contribution in [-0.2, 0) is 0 Å². The van der Waals surface area contributed by atoms with E-state index in [9.17, 15) is 9.59 Å². The molecule has 0 atom stereocenters. The highest BCUT2D eigenvalue weighted by atomic mass is 16.2. The zero-order chi connectivity index (χ0) is 15.4. The Kier molecular flexibility index (Phi) is 4.43. The van der Waals surface area contributed by atoms with Crippen LogP contribution in [0.15, 0.2) is 23.0 Å². The number of aromatic amines is 2. The molecule has 1 aliphatic heterocycles. The molecule has 0 saturated carbocycles. The minimum atomic E-state index is -0.283. The van der Waals surface area contributed by atoms with Crippen LogP contribution in [0.2, 0.25) is 0 Å². The van der Waals surface area contributed by atoms with E-state index in [2.05, 4.69) is 25.5 Å². The van der Waals surface area contributed by atoms with Gasteiger partial charge >= 0.3 is 11.7 Å². The predicted molar refractivity (Wildman–Crippen MR) is 86.2 cm³/mol. The Bertz CT molecular complexity index is 699. The van der Waals surface area contributed by atoms with Gasteiger partial charge < -0.3 is 25.5 Å². The van der Waals surface area contributed by atoms with Crippen molar-refractivity contribution in [2.75, 3.05) is 31.5 Å². The van der Waals surface area contributed by atoms with Crippen LogP contribution in [0.1, 0.15) is 19.3 Å². The first-order chi connectivity index (χ1) is 10.7. The van der Waals surface area contributed by atoms with Crippen LogP contribution >= 0.6 is 0 Å². The Labute approximate surface area is 128 Å². The molecule has 0 radical (unpaired) electrons. The molecule has 7 heteroatoms. The molecule has 0 spiro atoms. The lowest BCUT2D eigenvalue weighted by atomic mass is 10.1. The normalized spacial score (nSPS) is 15.8. The average molecular weight is 303 g/mol. The lowest BCUT2D eigenvalue weighted by Gasteiger charge is -2.26. The van der Waals surface area contributed by atoms with Crippen molar-refractivity contribution >= 4 is 22.8 Å². The van der Waals surface area contributed by atoms with Crippen molar-refractivity contribution in [1.82, 2.24) is 20.2 Å². The molecule has 1 saturated heterocycles. The van der Waals surface area contributed by atoms with Gasteiger partial charge in [0.2, 0.25) is 0 Å². The highest BCUT2D eigenvalue weighted by molar-refractivity contribution is 5.98. The first kappa shape index (κ1) is 14.6. The van der Waals surface area contributed by atoms with Crippen molar-refractivity contribution in [3.63, 3.8) is 0 Å². The Morgan fingerprint density at radius 1 is 1.18 bits per heavy atom. The van der Waals surface area contributed by atoms with E-state index in [1.807, 2.05) is 0 Å². The van der Waals surface area contributed by atoms with Gasteiger partial charge in [-0.05, 0) is 38.1 Å². The summed E-state index contributed by atoms with van der Waals surface area (Å²) in [5.41, 5.74) is 1.59. The number of hydrogen-bond acceptors (Lipinski definition) is 3. The molecule has 0 bridgehead atoms. The summed E-state index contributed by atoms with van der Waals surface area (Å²) in [7, 11) is 0. The summed E-state index contributed by atoms with van der Waals surface area (Å²) in [6.45, 7) is 3.73. The molecule has 0 unspecified atom stereocenters. The van der Waals surface area contributed by atoms with E-state index in [1.54, 1.807) is 18.2 Å². The summed E-state index contributed by atoms with van der Waals surface area (Å²) in [4.78, 5) is 31.0. The molecule has 1 aliphatic rings. The SMILES string of the molecule is O=C(NCCN1CCCCC1)Nc1cccc2[nH]c(=O)[nH]c12. The van der Waals surface area contributed by atoms with Crippen molar-refractivity contribution in [1.29, 1.82) is 0 Å². The summed E-state index contributed by atoms with van der Waals surface area (Å²) in [5, 5.41) is 5.63. The Morgan fingerprint density at radius 3 is 2.82 bits per heavy atom. The quantitative estimate of drug-likeness (QED) is 0.689. The largest absolute Gasteiger partial charge is 0.337 e. The van der Waals surface area contributed by atoms with Crippen LogP contribution in [0.5, 0.6) is 0 Å². The fourth-order valence-electron chi connectivity index (χ4n) is 2.84. The molecule has 1 aromatic carbocycles. The standard InChI is InChI=1S/C15H21N5O2/c21-14(16-7-10-20-8-2-1-3-9-20)17-11-5-4-6-12-13(11)19-15(22)18-12/h4-6H,1-3,7-10H2,(H2,16,17,21)(H2,18,19,22). The van der Waals surface area contributed by atoms with Crippen LogP contribution in [0.3, 0.4) is 0 Å². The maximum Gasteiger partial charge on any atom is 0.323 e. The number of amides is 2. The molecule has 2 amide bonds. The molecule has 7 nitrogen and oxygen atoms in total. The summed E-state index contributed by atoms with van der Waals surface area (Å²) in [5.74, 6) is 0. The summed E-state index contributed by atoms with van der Waals surface area (Å²) in [6, 6.07) is 5.07. The van der Waals surface area contributed by atoms with E-state index in [4.69, 9.17) is 0 Å². The van der Waals surface area contributed by atoms with E-state index < -0.39 is 0 Å². The lowest BCUT2D eigenvalue weighted by molar-refractivity contribution is 0.224. The number of hydrogen-bond donors (Lipinski definition) is 4. The molecule has 4 N–H and O–H groups in total. The molecule has 1 aromatic heterocycles. The number of fused-ring (bicyclic) bond motifs is 1. The third-order valence-electron chi connectivity index (χ3n) is 3.96. The molecule has 2 aromatic rings. The molecule has 1 fully saturated rings. The number of anilines is 1. The van der Waals surface area contributed by atoms with Gasteiger partial charge in [-0.15, -0.1) is 0 Å². The van der Waals surface area contributed by atoms with E-state index in [0.29, 0.717) is 23.3 Å². The number of para-hydroxylation sites is 1. The minimum absolute atomic E-state index is 0.258. The van der Waals surface area contributed by atoms with Crippen molar-refractivity contribution in [2.24, 2.45) is 0 Å². The molecular weight excluding hydrogens is 282 g/mol. The Hall–Kier alpha value is -2.28. The number of nitrogens with zero attached hydrogens (tertiary/aromatic N) is 1. The molecular formula is C15H21N5O2. The van der Waals surface area contributed by atoms with E-state index >= 15 is 0 Å². The van der Waals surface area contributed by atoms with Gasteiger partial charge in [0.1, 0.15) is 0 Å². The summed E-state index contributed by atoms with van der Waals surface area (Å²) in [6.07, 6.45) is 3.80. The molecule has 0 aliphatic carbocycles. The number of H-pyrrole nitrogens is 2. The number of piperidine rings is 1. The van der Waals surface area contributed by atoms with Gasteiger partial charge in [-0.2, -0.15) is 0 Å². The fraction of sp³-hybridized carbons (Fsp3) is 0.467. The van der Waals surface area contributed by atoms with Crippen LogP contribution in [0.4, 0.5) is 10.5 Å². The second-order valence-electron chi connectivity index (χ2n) is 5.59. The monoisotopic (exact) mass is 303 g/mol. The second-order valence-corrected chi connectivity index (χ2v) is 5.59. The highest BCUT2D eigenvalue weighted by Gasteiger charge is 2.11. The van der Waals surface area contributed by atoms with Crippen molar-refractivity contribution < 1.29 is 4.79 Å². The fourth-order valence-corrected chi connectivity index (χ4v) is 2.84. The topological polar surface area (TPSA) is 93.0 Å². The van der Waals surface area contributed by atoms with Gasteiger partial charge in [0, 0.05) is 13.1 Å². The third kappa shape index (κ3) is 3.48. The van der Waals surface area contributed by atoms with Gasteiger partial charge in [-0.1, -0.05) is 12.5 Å². The van der Waals surface area contributed by atoms with E-state index in [-0.39, 0.29) is 11.7 Å². The maximum absolute atomic E-state index is 12.0. The maximum atomic E-state index is 12.0. The van der Waals surface area contributed by atoms with Crippen LogP contribution in [0, 0.1) is 0 Å². The molecule has 3 rings (SSSR count). The van der Waals surface area contributed by atoms with Crippen molar-refractivity contribution in [3.05, 3.63) is 28.7 Å². The van der Waals surface area contributed by atoms with Crippen LogP contribution in [0.25, 0.3) is 11.0 Å². The van der Waals surface area contributed by atoms with E-state index in [0.717, 1.165) is 19.6 Å². The number of carbonyl (C=O) groups excluding carboxylic acids is 1. The minimum Gasteiger partial charge on any atom is -0.337 e. The van der Waals surface area contributed by atoms with Crippen molar-refractivity contribution in [2.45, 2.75) is 19.3 Å². The number of aromatic nitrogens is 2. The molecule has 22 heavy (non-hydrogen) atoms. The van der Waals surface area contributed by atoms with Gasteiger partial charge in [-0.25, -0.2) is 9.59 Å².